The zero-order valence-corrected chi connectivity index (χ0v) is 31.2. The first-order valence-electron chi connectivity index (χ1n) is 19.0. The SMILES string of the molecule is N#Cc1cc(-c2nc3ccccc3nc2-c2ccccc2)ccc1-n1c2ccccc2c2c3c4ccccc4sc3c3c(c4ccccc4n3-c3ccccc3)c21. The highest BCUT2D eigenvalue weighted by Crippen LogP contribution is 2.51. The van der Waals surface area contributed by atoms with Crippen molar-refractivity contribution in [2.75, 3.05) is 0 Å². The molecule has 4 heterocycles. The van der Waals surface area contributed by atoms with Gasteiger partial charge in [-0.25, -0.2) is 9.97 Å². The van der Waals surface area contributed by atoms with E-state index in [1.165, 1.54) is 41.8 Å². The van der Waals surface area contributed by atoms with Gasteiger partial charge in [0.2, 0.25) is 0 Å². The number of thiophene rings is 1. The van der Waals surface area contributed by atoms with Gasteiger partial charge in [0.15, 0.2) is 0 Å². The molecule has 0 atom stereocenters. The largest absolute Gasteiger partial charge is 0.308 e. The van der Waals surface area contributed by atoms with Crippen LogP contribution < -0.4 is 0 Å². The molecule has 0 saturated heterocycles. The summed E-state index contributed by atoms with van der Waals surface area (Å²) in [6, 6.07) is 63.8. The van der Waals surface area contributed by atoms with E-state index in [0.717, 1.165) is 66.9 Å². The van der Waals surface area contributed by atoms with Crippen molar-refractivity contribution in [3.63, 3.8) is 0 Å². The molecule has 0 aliphatic rings. The predicted molar refractivity (Wildman–Crippen MR) is 237 cm³/mol. The van der Waals surface area contributed by atoms with Gasteiger partial charge in [-0.3, -0.25) is 0 Å². The quantitative estimate of drug-likeness (QED) is 0.180. The second-order valence-corrected chi connectivity index (χ2v) is 15.5. The first-order valence-corrected chi connectivity index (χ1v) is 19.8. The number of hydrogen-bond donors (Lipinski definition) is 0. The Balaban J connectivity index is 1.24. The zero-order chi connectivity index (χ0) is 37.6. The monoisotopic (exact) mass is 743 g/mol. The third kappa shape index (κ3) is 4.55. The van der Waals surface area contributed by atoms with Crippen LogP contribution in [0, 0.1) is 11.3 Å². The molecule has 264 valence electrons. The lowest BCUT2D eigenvalue weighted by Crippen LogP contribution is -2.00. The van der Waals surface area contributed by atoms with Gasteiger partial charge < -0.3 is 9.13 Å². The maximum atomic E-state index is 11.1. The molecule has 0 aliphatic heterocycles. The molecule has 0 aliphatic carbocycles. The fraction of sp³-hybridized carbons (Fsp3) is 0. The normalized spacial score (nSPS) is 11.8. The molecule has 12 rings (SSSR count). The van der Waals surface area contributed by atoms with Crippen LogP contribution in [0.15, 0.2) is 176 Å². The third-order valence-electron chi connectivity index (χ3n) is 11.3. The van der Waals surface area contributed by atoms with Crippen LogP contribution >= 0.6 is 11.3 Å². The number of aromatic nitrogens is 4. The van der Waals surface area contributed by atoms with E-state index in [-0.39, 0.29) is 0 Å². The molecule has 57 heavy (non-hydrogen) atoms. The van der Waals surface area contributed by atoms with Crippen LogP contribution in [-0.2, 0) is 0 Å². The summed E-state index contributed by atoms with van der Waals surface area (Å²) in [6.45, 7) is 0. The minimum absolute atomic E-state index is 0.555. The van der Waals surface area contributed by atoms with Crippen molar-refractivity contribution in [3.05, 3.63) is 181 Å². The Labute approximate surface area is 330 Å². The van der Waals surface area contributed by atoms with E-state index in [0.29, 0.717) is 5.56 Å². The van der Waals surface area contributed by atoms with Crippen molar-refractivity contribution in [2.24, 2.45) is 0 Å². The number of fused-ring (bicyclic) bond motifs is 13. The lowest BCUT2D eigenvalue weighted by Gasteiger charge is -2.15. The Kier molecular flexibility index (Phi) is 6.80. The maximum absolute atomic E-state index is 11.1. The molecular formula is C51H29N5S. The summed E-state index contributed by atoms with van der Waals surface area (Å²) in [5, 5.41) is 18.3. The van der Waals surface area contributed by atoms with Crippen molar-refractivity contribution in [3.8, 4) is 40.0 Å². The molecule has 0 bridgehead atoms. The molecule has 0 fully saturated rings. The molecule has 0 radical (unpaired) electrons. The van der Waals surface area contributed by atoms with Gasteiger partial charge in [-0.2, -0.15) is 5.26 Å². The van der Waals surface area contributed by atoms with E-state index in [1.54, 1.807) is 0 Å². The zero-order valence-electron chi connectivity index (χ0n) is 30.4. The predicted octanol–water partition coefficient (Wildman–Crippen LogP) is 13.4. The van der Waals surface area contributed by atoms with Crippen molar-refractivity contribution in [1.29, 1.82) is 5.26 Å². The summed E-state index contributed by atoms with van der Waals surface area (Å²) >= 11 is 1.86. The Morgan fingerprint density at radius 2 is 1.05 bits per heavy atom. The molecule has 4 aromatic heterocycles. The first kappa shape index (κ1) is 31.7. The molecule has 12 aromatic rings. The summed E-state index contributed by atoms with van der Waals surface area (Å²) in [6.07, 6.45) is 0. The van der Waals surface area contributed by atoms with E-state index in [9.17, 15) is 5.26 Å². The Morgan fingerprint density at radius 1 is 0.474 bits per heavy atom. The van der Waals surface area contributed by atoms with Gasteiger partial charge in [-0.15, -0.1) is 11.3 Å². The molecule has 5 nitrogen and oxygen atoms in total. The van der Waals surface area contributed by atoms with Gasteiger partial charge in [0, 0.05) is 53.8 Å². The Morgan fingerprint density at radius 3 is 1.77 bits per heavy atom. The number of hydrogen-bond acceptors (Lipinski definition) is 4. The first-order chi connectivity index (χ1) is 28.3. The fourth-order valence-electron chi connectivity index (χ4n) is 8.95. The van der Waals surface area contributed by atoms with Gasteiger partial charge >= 0.3 is 0 Å². The maximum Gasteiger partial charge on any atom is 0.101 e. The van der Waals surface area contributed by atoms with Gasteiger partial charge in [0.25, 0.3) is 0 Å². The van der Waals surface area contributed by atoms with E-state index in [1.807, 2.05) is 59.9 Å². The van der Waals surface area contributed by atoms with E-state index in [4.69, 9.17) is 9.97 Å². The summed E-state index contributed by atoms with van der Waals surface area (Å²) in [4.78, 5) is 10.3. The second kappa shape index (κ2) is 12.2. The lowest BCUT2D eigenvalue weighted by atomic mass is 10.0. The third-order valence-corrected chi connectivity index (χ3v) is 12.5. The van der Waals surface area contributed by atoms with Gasteiger partial charge in [-0.05, 0) is 54.6 Å². The van der Waals surface area contributed by atoms with Crippen LogP contribution in [0.1, 0.15) is 5.56 Å². The van der Waals surface area contributed by atoms with Gasteiger partial charge in [-0.1, -0.05) is 121 Å². The van der Waals surface area contributed by atoms with E-state index in [2.05, 4.69) is 143 Å². The van der Waals surface area contributed by atoms with Crippen molar-refractivity contribution in [1.82, 2.24) is 19.1 Å². The van der Waals surface area contributed by atoms with Crippen LogP contribution in [0.3, 0.4) is 0 Å². The molecular weight excluding hydrogens is 715 g/mol. The summed E-state index contributed by atoms with van der Waals surface area (Å²) in [5.41, 5.74) is 11.9. The molecule has 0 spiro atoms. The second-order valence-electron chi connectivity index (χ2n) is 14.4. The van der Waals surface area contributed by atoms with Crippen LogP contribution in [0.4, 0.5) is 0 Å². The van der Waals surface area contributed by atoms with Gasteiger partial charge in [0.05, 0.1) is 60.4 Å². The minimum atomic E-state index is 0.555. The van der Waals surface area contributed by atoms with Gasteiger partial charge in [0.1, 0.15) is 6.07 Å². The highest BCUT2D eigenvalue weighted by molar-refractivity contribution is 7.27. The average Bonchev–Trinajstić information content (AvgIpc) is 3.94. The van der Waals surface area contributed by atoms with Crippen LogP contribution in [-0.4, -0.2) is 19.1 Å². The van der Waals surface area contributed by atoms with E-state index >= 15 is 0 Å². The standard InChI is InChI=1S/C51H29N5S/c52-30-33-29-32(48-47(31-15-3-1-4-16-31)53-38-22-10-11-23-39(38)54-48)27-28-40(33)56-42-25-13-7-19-35(42)44-45-37-21-9-14-26-43(37)57-51(45)50-46(49(44)56)36-20-8-12-24-41(36)55(50)34-17-5-2-6-18-34/h1-29H. The molecule has 8 aromatic carbocycles. The summed E-state index contributed by atoms with van der Waals surface area (Å²) in [5.74, 6) is 0. The molecule has 0 amide bonds. The van der Waals surface area contributed by atoms with Crippen LogP contribution in [0.2, 0.25) is 0 Å². The highest BCUT2D eigenvalue weighted by atomic mass is 32.1. The molecule has 0 saturated carbocycles. The fourth-order valence-corrected chi connectivity index (χ4v) is 10.2. The number of benzene rings is 8. The summed E-state index contributed by atoms with van der Waals surface area (Å²) < 4.78 is 7.27. The van der Waals surface area contributed by atoms with Crippen LogP contribution in [0.5, 0.6) is 0 Å². The smallest absolute Gasteiger partial charge is 0.101 e. The Hall–Kier alpha value is -7.59. The molecule has 0 unspecified atom stereocenters. The molecule has 6 heteroatoms. The Bertz CT molecular complexity index is 3640. The van der Waals surface area contributed by atoms with Crippen molar-refractivity contribution in [2.45, 2.75) is 0 Å². The summed E-state index contributed by atoms with van der Waals surface area (Å²) in [7, 11) is 0. The average molecular weight is 744 g/mol. The number of rotatable bonds is 4. The highest BCUT2D eigenvalue weighted by Gasteiger charge is 2.27. The molecule has 0 N–H and O–H groups in total. The number of nitrogens with zero attached hydrogens (tertiary/aromatic N) is 5. The van der Waals surface area contributed by atoms with Crippen LogP contribution in [0.25, 0.3) is 109 Å². The number of para-hydroxylation sites is 5. The van der Waals surface area contributed by atoms with Crippen molar-refractivity contribution >= 4 is 86.2 Å². The lowest BCUT2D eigenvalue weighted by molar-refractivity contribution is 1.17. The number of nitriles is 1. The van der Waals surface area contributed by atoms with Crippen molar-refractivity contribution < 1.29 is 0 Å². The van der Waals surface area contributed by atoms with E-state index < -0.39 is 0 Å². The topological polar surface area (TPSA) is 59.4 Å². The minimum Gasteiger partial charge on any atom is -0.308 e.